The van der Waals surface area contributed by atoms with Gasteiger partial charge in [0.15, 0.2) is 5.82 Å². The van der Waals surface area contributed by atoms with Gasteiger partial charge in [0.25, 0.3) is 5.91 Å². The molecule has 144 valence electrons. The maximum absolute atomic E-state index is 12.8. The smallest absolute Gasteiger partial charge is 0.252 e. The van der Waals surface area contributed by atoms with Crippen LogP contribution in [-0.4, -0.2) is 44.1 Å². The van der Waals surface area contributed by atoms with Crippen LogP contribution >= 0.6 is 11.8 Å². The zero-order valence-electron chi connectivity index (χ0n) is 15.3. The van der Waals surface area contributed by atoms with Crippen LogP contribution in [0.25, 0.3) is 5.82 Å². The Kier molecular flexibility index (Phi) is 5.98. The predicted octanol–water partition coefficient (Wildman–Crippen LogP) is 2.86. The van der Waals surface area contributed by atoms with Gasteiger partial charge in [0.2, 0.25) is 0 Å². The molecule has 28 heavy (non-hydrogen) atoms. The lowest BCUT2D eigenvalue weighted by Crippen LogP contribution is -2.24. The van der Waals surface area contributed by atoms with E-state index in [-0.39, 0.29) is 12.0 Å². The number of pyridine rings is 1. The number of ether oxygens (including phenoxy) is 1. The highest BCUT2D eigenvalue weighted by atomic mass is 32.2. The maximum atomic E-state index is 12.8. The second-order valence-electron chi connectivity index (χ2n) is 6.45. The molecule has 0 spiro atoms. The van der Waals surface area contributed by atoms with E-state index in [2.05, 4.69) is 20.4 Å². The molecule has 1 atom stereocenters. The molecule has 0 saturated carbocycles. The molecular weight excluding hydrogens is 374 g/mol. The summed E-state index contributed by atoms with van der Waals surface area (Å²) in [4.78, 5) is 22.1. The zero-order valence-corrected chi connectivity index (χ0v) is 16.1. The molecule has 1 saturated heterocycles. The van der Waals surface area contributed by atoms with Gasteiger partial charge in [0.05, 0.1) is 11.7 Å². The lowest BCUT2D eigenvalue weighted by molar-refractivity contribution is 0.0947. The van der Waals surface area contributed by atoms with Crippen molar-refractivity contribution in [3.63, 3.8) is 0 Å². The molecule has 0 radical (unpaired) electrons. The molecule has 4 rings (SSSR count). The molecule has 2 aromatic heterocycles. The van der Waals surface area contributed by atoms with Gasteiger partial charge >= 0.3 is 0 Å². The van der Waals surface area contributed by atoms with E-state index in [0.717, 1.165) is 35.7 Å². The number of amides is 1. The number of hydrogen-bond donors (Lipinski definition) is 1. The average molecular weight is 395 g/mol. The summed E-state index contributed by atoms with van der Waals surface area (Å²) >= 11 is 1.67. The molecule has 1 fully saturated rings. The molecule has 1 aliphatic heterocycles. The number of rotatable bonds is 7. The minimum absolute atomic E-state index is 0.108. The van der Waals surface area contributed by atoms with Crippen LogP contribution in [0.1, 0.15) is 28.8 Å². The van der Waals surface area contributed by atoms with E-state index >= 15 is 0 Å². The Morgan fingerprint density at radius 2 is 2.21 bits per heavy atom. The molecule has 1 aromatic carbocycles. The number of carbonyl (C=O) groups is 1. The van der Waals surface area contributed by atoms with Gasteiger partial charge in [-0.2, -0.15) is 5.10 Å². The number of carbonyl (C=O) groups excluding carboxylic acids is 1. The Bertz CT molecular complexity index is 926. The van der Waals surface area contributed by atoms with Crippen LogP contribution in [-0.2, 0) is 11.3 Å². The molecule has 3 aromatic rings. The fourth-order valence-corrected chi connectivity index (χ4v) is 4.22. The van der Waals surface area contributed by atoms with E-state index in [1.54, 1.807) is 29.0 Å². The van der Waals surface area contributed by atoms with Gasteiger partial charge in [0.1, 0.15) is 12.7 Å². The van der Waals surface area contributed by atoms with Crippen LogP contribution in [0.15, 0.2) is 60.1 Å². The molecule has 8 heteroatoms. The fraction of sp³-hybridized carbons (Fsp3) is 0.300. The van der Waals surface area contributed by atoms with Gasteiger partial charge in [-0.05, 0) is 31.0 Å². The molecule has 3 heterocycles. The van der Waals surface area contributed by atoms with Crippen molar-refractivity contribution in [1.29, 1.82) is 0 Å². The number of benzene rings is 1. The summed E-state index contributed by atoms with van der Waals surface area (Å²) in [7, 11) is 0. The fourth-order valence-electron chi connectivity index (χ4n) is 3.10. The lowest BCUT2D eigenvalue weighted by Gasteiger charge is -2.13. The molecule has 1 amide bonds. The van der Waals surface area contributed by atoms with Crippen LogP contribution in [0.5, 0.6) is 0 Å². The van der Waals surface area contributed by atoms with Gasteiger partial charge in [-0.1, -0.05) is 18.2 Å². The van der Waals surface area contributed by atoms with Crippen molar-refractivity contribution in [2.45, 2.75) is 30.4 Å². The summed E-state index contributed by atoms with van der Waals surface area (Å²) in [6.45, 7) is 1.19. The number of hydrogen-bond acceptors (Lipinski definition) is 6. The van der Waals surface area contributed by atoms with E-state index in [9.17, 15) is 4.79 Å². The highest BCUT2D eigenvalue weighted by molar-refractivity contribution is 7.99. The minimum Gasteiger partial charge on any atom is -0.377 e. The Morgan fingerprint density at radius 3 is 3.04 bits per heavy atom. The Hall–Kier alpha value is -2.71. The Labute approximate surface area is 167 Å². The highest BCUT2D eigenvalue weighted by Crippen LogP contribution is 2.26. The first-order chi connectivity index (χ1) is 13.8. The summed E-state index contributed by atoms with van der Waals surface area (Å²) < 4.78 is 7.28. The monoisotopic (exact) mass is 395 g/mol. The third-order valence-corrected chi connectivity index (χ3v) is 5.73. The summed E-state index contributed by atoms with van der Waals surface area (Å²) in [6, 6.07) is 11.4. The quantitative estimate of drug-likeness (QED) is 0.620. The van der Waals surface area contributed by atoms with Crippen molar-refractivity contribution < 1.29 is 9.53 Å². The molecule has 0 aliphatic carbocycles. The summed E-state index contributed by atoms with van der Waals surface area (Å²) in [5.74, 6) is 1.41. The second kappa shape index (κ2) is 8.99. The number of thioether (sulfide) groups is 1. The van der Waals surface area contributed by atoms with E-state index in [4.69, 9.17) is 4.74 Å². The van der Waals surface area contributed by atoms with Gasteiger partial charge < -0.3 is 10.1 Å². The first-order valence-electron chi connectivity index (χ1n) is 9.22. The molecule has 1 N–H and O–H groups in total. The normalized spacial score (nSPS) is 16.2. The van der Waals surface area contributed by atoms with Gasteiger partial charge in [-0.3, -0.25) is 4.79 Å². The standard InChI is InChI=1S/C20H21N5O2S/c26-20(17-7-1-2-8-18(17)28-12-16-6-4-10-27-16)23-11-15-5-3-9-22-19(15)25-14-21-13-24-25/h1-3,5,7-9,13-14,16H,4,6,10-12H2,(H,23,26)/t16-/m1/s1. The average Bonchev–Trinajstić information content (AvgIpc) is 3.45. The minimum atomic E-state index is -0.108. The highest BCUT2D eigenvalue weighted by Gasteiger charge is 2.18. The van der Waals surface area contributed by atoms with Crippen molar-refractivity contribution in [2.24, 2.45) is 0 Å². The third kappa shape index (κ3) is 4.40. The van der Waals surface area contributed by atoms with E-state index in [1.807, 2.05) is 36.4 Å². The van der Waals surface area contributed by atoms with Crippen LogP contribution in [0.2, 0.25) is 0 Å². The first-order valence-corrected chi connectivity index (χ1v) is 10.2. The van der Waals surface area contributed by atoms with E-state index in [0.29, 0.717) is 17.9 Å². The van der Waals surface area contributed by atoms with Gasteiger partial charge in [0, 0.05) is 35.6 Å². The predicted molar refractivity (Wildman–Crippen MR) is 106 cm³/mol. The van der Waals surface area contributed by atoms with Crippen LogP contribution in [0, 0.1) is 0 Å². The van der Waals surface area contributed by atoms with Crippen molar-refractivity contribution in [3.8, 4) is 5.82 Å². The maximum Gasteiger partial charge on any atom is 0.252 e. The van der Waals surface area contributed by atoms with Crippen molar-refractivity contribution in [3.05, 3.63) is 66.4 Å². The first kappa shape index (κ1) is 18.6. The Morgan fingerprint density at radius 1 is 1.29 bits per heavy atom. The van der Waals surface area contributed by atoms with Gasteiger partial charge in [-0.15, -0.1) is 11.8 Å². The van der Waals surface area contributed by atoms with Crippen molar-refractivity contribution in [1.82, 2.24) is 25.1 Å². The molecule has 1 aliphatic rings. The number of nitrogens with zero attached hydrogens (tertiary/aromatic N) is 4. The van der Waals surface area contributed by atoms with Crippen LogP contribution in [0.3, 0.4) is 0 Å². The molecule has 0 bridgehead atoms. The largest absolute Gasteiger partial charge is 0.377 e. The number of aromatic nitrogens is 4. The third-order valence-electron chi connectivity index (χ3n) is 4.52. The zero-order chi connectivity index (χ0) is 19.2. The SMILES string of the molecule is O=C(NCc1cccnc1-n1cncn1)c1ccccc1SC[C@H]1CCCO1. The summed E-state index contributed by atoms with van der Waals surface area (Å²) in [5, 5.41) is 7.12. The van der Waals surface area contributed by atoms with Crippen LogP contribution < -0.4 is 5.32 Å². The molecule has 7 nitrogen and oxygen atoms in total. The van der Waals surface area contributed by atoms with Crippen molar-refractivity contribution >= 4 is 17.7 Å². The number of nitrogens with one attached hydrogen (secondary N) is 1. The van der Waals surface area contributed by atoms with E-state index < -0.39 is 0 Å². The van der Waals surface area contributed by atoms with E-state index in [1.165, 1.54) is 6.33 Å². The molecular formula is C20H21N5O2S. The molecule has 0 unspecified atom stereocenters. The second-order valence-corrected chi connectivity index (χ2v) is 7.51. The topological polar surface area (TPSA) is 81.9 Å². The Balaban J connectivity index is 1.43. The summed E-state index contributed by atoms with van der Waals surface area (Å²) in [5.41, 5.74) is 1.54. The van der Waals surface area contributed by atoms with Gasteiger partial charge in [-0.25, -0.2) is 14.6 Å². The van der Waals surface area contributed by atoms with Crippen LogP contribution in [0.4, 0.5) is 0 Å². The lowest BCUT2D eigenvalue weighted by atomic mass is 10.2. The van der Waals surface area contributed by atoms with Crippen molar-refractivity contribution in [2.75, 3.05) is 12.4 Å². The summed E-state index contributed by atoms with van der Waals surface area (Å²) in [6.07, 6.45) is 7.23.